The van der Waals surface area contributed by atoms with Crippen molar-refractivity contribution < 1.29 is 9.53 Å². The van der Waals surface area contributed by atoms with Crippen molar-refractivity contribution in [1.82, 2.24) is 5.32 Å². The first-order chi connectivity index (χ1) is 10.1. The van der Waals surface area contributed by atoms with Gasteiger partial charge < -0.3 is 15.8 Å². The maximum Gasteiger partial charge on any atom is 0.242 e. The predicted molar refractivity (Wildman–Crippen MR) is 80.9 cm³/mol. The first kappa shape index (κ1) is 13.6. The molecule has 1 amide bonds. The van der Waals surface area contributed by atoms with E-state index < -0.39 is 6.04 Å². The second kappa shape index (κ2) is 5.58. The number of benzene rings is 2. The summed E-state index contributed by atoms with van der Waals surface area (Å²) in [6.45, 7) is 2.45. The number of nitrogens with two attached hydrogens (primary N) is 1. The summed E-state index contributed by atoms with van der Waals surface area (Å²) in [5, 5.41) is 2.96. The minimum absolute atomic E-state index is 0.134. The zero-order valence-corrected chi connectivity index (χ0v) is 11.9. The van der Waals surface area contributed by atoms with Crippen LogP contribution in [0.5, 0.6) is 5.75 Å². The molecule has 0 saturated heterocycles. The van der Waals surface area contributed by atoms with Gasteiger partial charge in [-0.05, 0) is 18.6 Å². The predicted octanol–water partition coefficient (Wildman–Crippen LogP) is 2.24. The Morgan fingerprint density at radius 3 is 2.71 bits per heavy atom. The highest BCUT2D eigenvalue weighted by Crippen LogP contribution is 2.31. The van der Waals surface area contributed by atoms with Gasteiger partial charge in [0.1, 0.15) is 18.4 Å². The molecular weight excluding hydrogens is 264 g/mol. The van der Waals surface area contributed by atoms with E-state index in [1.807, 2.05) is 55.5 Å². The summed E-state index contributed by atoms with van der Waals surface area (Å²) in [7, 11) is 0. The van der Waals surface area contributed by atoms with Crippen molar-refractivity contribution in [2.24, 2.45) is 5.73 Å². The number of hydrogen-bond donors (Lipinski definition) is 2. The van der Waals surface area contributed by atoms with E-state index >= 15 is 0 Å². The molecule has 3 N–H and O–H groups in total. The third-order valence-corrected chi connectivity index (χ3v) is 3.74. The standard InChI is InChI=1S/C17H18N2O2/c1-11-6-8-12(9-7-11)16(18)17(20)19-14-10-21-15-5-3-2-4-13(14)15/h2-9,14,16H,10,18H2,1H3,(H,19,20). The van der Waals surface area contributed by atoms with E-state index in [9.17, 15) is 4.79 Å². The van der Waals surface area contributed by atoms with E-state index in [4.69, 9.17) is 10.5 Å². The van der Waals surface area contributed by atoms with Crippen LogP contribution in [0.4, 0.5) is 0 Å². The molecule has 1 aliphatic heterocycles. The molecule has 3 rings (SSSR count). The minimum Gasteiger partial charge on any atom is -0.491 e. The average Bonchev–Trinajstić information content (AvgIpc) is 2.91. The maximum atomic E-state index is 12.3. The first-order valence-electron chi connectivity index (χ1n) is 6.99. The molecule has 0 spiro atoms. The van der Waals surface area contributed by atoms with Crippen LogP contribution >= 0.6 is 0 Å². The molecule has 0 bridgehead atoms. The van der Waals surface area contributed by atoms with Gasteiger partial charge >= 0.3 is 0 Å². The SMILES string of the molecule is Cc1ccc(C(N)C(=O)NC2COc3ccccc32)cc1. The largest absolute Gasteiger partial charge is 0.491 e. The molecule has 0 aliphatic carbocycles. The molecule has 0 radical (unpaired) electrons. The molecule has 2 atom stereocenters. The molecule has 2 unspecified atom stereocenters. The van der Waals surface area contributed by atoms with Crippen LogP contribution in [0.3, 0.4) is 0 Å². The van der Waals surface area contributed by atoms with Gasteiger partial charge in [-0.15, -0.1) is 0 Å². The summed E-state index contributed by atoms with van der Waals surface area (Å²) in [6, 6.07) is 14.6. The quantitative estimate of drug-likeness (QED) is 0.907. The zero-order chi connectivity index (χ0) is 14.8. The van der Waals surface area contributed by atoms with Gasteiger partial charge in [0.05, 0.1) is 6.04 Å². The van der Waals surface area contributed by atoms with Gasteiger partial charge in [0.15, 0.2) is 0 Å². The number of fused-ring (bicyclic) bond motifs is 1. The lowest BCUT2D eigenvalue weighted by molar-refractivity contribution is -0.123. The Balaban J connectivity index is 1.71. The van der Waals surface area contributed by atoms with Crippen molar-refractivity contribution in [3.05, 3.63) is 65.2 Å². The maximum absolute atomic E-state index is 12.3. The number of aryl methyl sites for hydroxylation is 1. The number of rotatable bonds is 3. The number of amides is 1. The Hall–Kier alpha value is -2.33. The highest BCUT2D eigenvalue weighted by molar-refractivity contribution is 5.83. The zero-order valence-electron chi connectivity index (χ0n) is 11.9. The molecular formula is C17H18N2O2. The van der Waals surface area contributed by atoms with Gasteiger partial charge in [-0.2, -0.15) is 0 Å². The summed E-state index contributed by atoms with van der Waals surface area (Å²) in [4.78, 5) is 12.3. The number of para-hydroxylation sites is 1. The van der Waals surface area contributed by atoms with Crippen LogP contribution in [0.1, 0.15) is 28.8 Å². The van der Waals surface area contributed by atoms with Crippen molar-refractivity contribution in [2.45, 2.75) is 19.0 Å². The molecule has 2 aromatic rings. The molecule has 2 aromatic carbocycles. The van der Waals surface area contributed by atoms with Gasteiger partial charge in [-0.1, -0.05) is 48.0 Å². The highest BCUT2D eigenvalue weighted by atomic mass is 16.5. The molecule has 1 aliphatic rings. The fraction of sp³-hybridized carbons (Fsp3) is 0.235. The average molecular weight is 282 g/mol. The fourth-order valence-corrected chi connectivity index (χ4v) is 2.47. The van der Waals surface area contributed by atoms with E-state index in [1.54, 1.807) is 0 Å². The van der Waals surface area contributed by atoms with Crippen molar-refractivity contribution in [3.8, 4) is 5.75 Å². The smallest absolute Gasteiger partial charge is 0.242 e. The topological polar surface area (TPSA) is 64.4 Å². The number of ether oxygens (including phenoxy) is 1. The van der Waals surface area contributed by atoms with E-state index in [1.165, 1.54) is 0 Å². The van der Waals surface area contributed by atoms with Gasteiger partial charge in [-0.25, -0.2) is 0 Å². The van der Waals surface area contributed by atoms with Gasteiger partial charge in [-0.3, -0.25) is 4.79 Å². The van der Waals surface area contributed by atoms with Gasteiger partial charge in [0, 0.05) is 5.56 Å². The molecule has 1 heterocycles. The first-order valence-corrected chi connectivity index (χ1v) is 6.99. The lowest BCUT2D eigenvalue weighted by Crippen LogP contribution is -2.37. The summed E-state index contributed by atoms with van der Waals surface area (Å²) in [5.74, 6) is 0.635. The molecule has 0 saturated carbocycles. The van der Waals surface area contributed by atoms with Crippen molar-refractivity contribution in [3.63, 3.8) is 0 Å². The van der Waals surface area contributed by atoms with E-state index in [0.29, 0.717) is 6.61 Å². The Bertz CT molecular complexity index is 652. The lowest BCUT2D eigenvalue weighted by atomic mass is 10.0. The second-order valence-corrected chi connectivity index (χ2v) is 5.30. The van der Waals surface area contributed by atoms with Crippen LogP contribution in [0.25, 0.3) is 0 Å². The summed E-state index contributed by atoms with van der Waals surface area (Å²) >= 11 is 0. The Kier molecular flexibility index (Phi) is 3.62. The van der Waals surface area contributed by atoms with Crippen LogP contribution in [-0.2, 0) is 4.79 Å². The van der Waals surface area contributed by atoms with Crippen LogP contribution < -0.4 is 15.8 Å². The van der Waals surface area contributed by atoms with Crippen molar-refractivity contribution in [1.29, 1.82) is 0 Å². The van der Waals surface area contributed by atoms with Crippen molar-refractivity contribution >= 4 is 5.91 Å². The van der Waals surface area contributed by atoms with Gasteiger partial charge in [0.2, 0.25) is 5.91 Å². The highest BCUT2D eigenvalue weighted by Gasteiger charge is 2.27. The van der Waals surface area contributed by atoms with E-state index in [2.05, 4.69) is 5.32 Å². The van der Waals surface area contributed by atoms with Crippen LogP contribution in [0.2, 0.25) is 0 Å². The van der Waals surface area contributed by atoms with E-state index in [0.717, 1.165) is 22.4 Å². The fourth-order valence-electron chi connectivity index (χ4n) is 2.47. The monoisotopic (exact) mass is 282 g/mol. The van der Waals surface area contributed by atoms with Crippen molar-refractivity contribution in [2.75, 3.05) is 6.61 Å². The molecule has 0 aromatic heterocycles. The number of nitrogens with one attached hydrogen (secondary N) is 1. The third kappa shape index (κ3) is 2.76. The molecule has 0 fully saturated rings. The Labute approximate surface area is 123 Å². The van der Waals surface area contributed by atoms with Crippen LogP contribution in [-0.4, -0.2) is 12.5 Å². The Morgan fingerprint density at radius 2 is 1.95 bits per heavy atom. The normalized spacial score (nSPS) is 17.7. The second-order valence-electron chi connectivity index (χ2n) is 5.30. The van der Waals surface area contributed by atoms with E-state index in [-0.39, 0.29) is 11.9 Å². The number of carbonyl (C=O) groups is 1. The summed E-state index contributed by atoms with van der Waals surface area (Å²) < 4.78 is 5.56. The van der Waals surface area contributed by atoms with Gasteiger partial charge in [0.25, 0.3) is 0 Å². The molecule has 4 nitrogen and oxygen atoms in total. The molecule has 4 heteroatoms. The summed E-state index contributed by atoms with van der Waals surface area (Å²) in [5.41, 5.74) is 8.99. The third-order valence-electron chi connectivity index (χ3n) is 3.74. The lowest BCUT2D eigenvalue weighted by Gasteiger charge is -2.16. The minimum atomic E-state index is -0.668. The molecule has 21 heavy (non-hydrogen) atoms. The number of hydrogen-bond acceptors (Lipinski definition) is 3. The van der Waals surface area contributed by atoms with Crippen LogP contribution in [0, 0.1) is 6.92 Å². The summed E-state index contributed by atoms with van der Waals surface area (Å²) in [6.07, 6.45) is 0. The number of carbonyl (C=O) groups excluding carboxylic acids is 1. The van der Waals surface area contributed by atoms with Crippen LogP contribution in [0.15, 0.2) is 48.5 Å². The Morgan fingerprint density at radius 1 is 1.24 bits per heavy atom. The molecule has 108 valence electrons.